The van der Waals surface area contributed by atoms with Gasteiger partial charge in [-0.2, -0.15) is 0 Å². The molecule has 23 heavy (non-hydrogen) atoms. The first-order chi connectivity index (χ1) is 11.0. The van der Waals surface area contributed by atoms with Crippen LogP contribution in [0.1, 0.15) is 24.8 Å². The molecule has 1 aromatic carbocycles. The molecule has 2 atom stereocenters. The number of carboxylic acid groups (broad SMARTS) is 1. The summed E-state index contributed by atoms with van der Waals surface area (Å²) in [5, 5.41) is 11.9. The Morgan fingerprint density at radius 3 is 2.65 bits per heavy atom. The normalized spacial score (nSPS) is 25.6. The lowest BCUT2D eigenvalue weighted by molar-refractivity contribution is -0.140. The summed E-state index contributed by atoms with van der Waals surface area (Å²) in [5.74, 6) is -1.89. The van der Waals surface area contributed by atoms with E-state index in [4.69, 9.17) is 9.84 Å². The highest BCUT2D eigenvalue weighted by molar-refractivity contribution is 9.10. The molecule has 0 aromatic heterocycles. The van der Waals surface area contributed by atoms with Gasteiger partial charge in [-0.25, -0.2) is 0 Å². The number of carbonyl (C=O) groups excluding carboxylic acids is 1. The quantitative estimate of drug-likeness (QED) is 0.820. The molecule has 124 valence electrons. The third-order valence-corrected chi connectivity index (χ3v) is 5.43. The topological polar surface area (TPSA) is 75.6 Å². The number of benzene rings is 1. The predicted molar refractivity (Wildman–Crippen MR) is 88.1 cm³/mol. The highest BCUT2D eigenvalue weighted by atomic mass is 79.9. The average molecular weight is 382 g/mol. The highest BCUT2D eigenvalue weighted by Gasteiger charge is 2.48. The van der Waals surface area contributed by atoms with E-state index < -0.39 is 11.9 Å². The number of rotatable bonds is 5. The molecule has 5 nitrogen and oxygen atoms in total. The van der Waals surface area contributed by atoms with Crippen LogP contribution in [0.15, 0.2) is 28.7 Å². The van der Waals surface area contributed by atoms with Gasteiger partial charge in [0.1, 0.15) is 0 Å². The summed E-state index contributed by atoms with van der Waals surface area (Å²) >= 11 is 3.51. The molecule has 1 saturated heterocycles. The Morgan fingerprint density at radius 1 is 1.30 bits per heavy atom. The van der Waals surface area contributed by atoms with Crippen LogP contribution in [0.3, 0.4) is 0 Å². The van der Waals surface area contributed by atoms with Gasteiger partial charge in [0.05, 0.1) is 11.8 Å². The molecule has 2 aliphatic rings. The molecule has 1 saturated carbocycles. The summed E-state index contributed by atoms with van der Waals surface area (Å²) in [6.07, 6.45) is 2.14. The van der Waals surface area contributed by atoms with Crippen LogP contribution >= 0.6 is 15.9 Å². The molecule has 6 heteroatoms. The van der Waals surface area contributed by atoms with Crippen molar-refractivity contribution >= 4 is 27.8 Å². The van der Waals surface area contributed by atoms with Gasteiger partial charge in [0.25, 0.3) is 0 Å². The van der Waals surface area contributed by atoms with Gasteiger partial charge in [0.2, 0.25) is 5.91 Å². The minimum Gasteiger partial charge on any atom is -0.481 e. The zero-order valence-corrected chi connectivity index (χ0v) is 14.3. The Balaban J connectivity index is 1.70. The maximum atomic E-state index is 12.2. The van der Waals surface area contributed by atoms with Crippen LogP contribution in [-0.4, -0.2) is 36.7 Å². The van der Waals surface area contributed by atoms with Crippen molar-refractivity contribution < 1.29 is 19.4 Å². The Bertz CT molecular complexity index is 612. The van der Waals surface area contributed by atoms with Crippen molar-refractivity contribution in [3.05, 3.63) is 34.3 Å². The molecule has 1 heterocycles. The number of halogens is 1. The number of amides is 1. The monoisotopic (exact) mass is 381 g/mol. The summed E-state index contributed by atoms with van der Waals surface area (Å²) < 4.78 is 6.50. The van der Waals surface area contributed by atoms with E-state index >= 15 is 0 Å². The summed E-state index contributed by atoms with van der Waals surface area (Å²) in [5.41, 5.74) is 1.03. The number of carbonyl (C=O) groups is 2. The molecule has 1 aliphatic carbocycles. The minimum absolute atomic E-state index is 0.140. The molecular weight excluding hydrogens is 362 g/mol. The lowest BCUT2D eigenvalue weighted by Crippen LogP contribution is -2.45. The van der Waals surface area contributed by atoms with E-state index in [1.165, 1.54) is 5.56 Å². The molecule has 2 fully saturated rings. The second kappa shape index (κ2) is 6.61. The van der Waals surface area contributed by atoms with Gasteiger partial charge < -0.3 is 15.2 Å². The van der Waals surface area contributed by atoms with Gasteiger partial charge in [-0.15, -0.1) is 0 Å². The van der Waals surface area contributed by atoms with E-state index in [0.29, 0.717) is 26.2 Å². The number of hydrogen-bond donors (Lipinski definition) is 2. The van der Waals surface area contributed by atoms with Crippen molar-refractivity contribution in [1.82, 2.24) is 5.32 Å². The number of carboxylic acids is 1. The molecule has 0 spiro atoms. The molecule has 0 radical (unpaired) electrons. The van der Waals surface area contributed by atoms with E-state index in [-0.39, 0.29) is 17.2 Å². The van der Waals surface area contributed by atoms with Gasteiger partial charge in [-0.05, 0) is 37.0 Å². The molecular formula is C17H20BrNO4. The fourth-order valence-electron chi connectivity index (χ4n) is 3.29. The van der Waals surface area contributed by atoms with E-state index in [1.807, 2.05) is 12.1 Å². The molecule has 2 N–H and O–H groups in total. The summed E-state index contributed by atoms with van der Waals surface area (Å²) in [6, 6.07) is 8.16. The van der Waals surface area contributed by atoms with Crippen LogP contribution in [0.4, 0.5) is 0 Å². The predicted octanol–water partition coefficient (Wildman–Crippen LogP) is 2.33. The van der Waals surface area contributed by atoms with Crippen LogP contribution in [0, 0.1) is 11.8 Å². The van der Waals surface area contributed by atoms with Gasteiger partial charge in [0.15, 0.2) is 0 Å². The lowest BCUT2D eigenvalue weighted by atomic mass is 9.74. The van der Waals surface area contributed by atoms with E-state index in [2.05, 4.69) is 33.4 Å². The number of aliphatic carboxylic acids is 1. The Morgan fingerprint density at radius 2 is 2.04 bits per heavy atom. The number of hydrogen-bond acceptors (Lipinski definition) is 3. The van der Waals surface area contributed by atoms with Crippen molar-refractivity contribution in [2.75, 3.05) is 19.8 Å². The highest BCUT2D eigenvalue weighted by Crippen LogP contribution is 2.40. The van der Waals surface area contributed by atoms with Crippen molar-refractivity contribution in [2.24, 2.45) is 11.8 Å². The summed E-state index contributed by atoms with van der Waals surface area (Å²) in [7, 11) is 0. The molecule has 0 bridgehead atoms. The minimum atomic E-state index is -0.877. The lowest BCUT2D eigenvalue weighted by Gasteiger charge is -2.38. The van der Waals surface area contributed by atoms with Crippen LogP contribution in [0.5, 0.6) is 0 Å². The molecule has 1 aliphatic heterocycles. The van der Waals surface area contributed by atoms with Crippen molar-refractivity contribution in [3.63, 3.8) is 0 Å². The summed E-state index contributed by atoms with van der Waals surface area (Å²) in [4.78, 5) is 23.1. The van der Waals surface area contributed by atoms with Crippen LogP contribution in [-0.2, 0) is 19.7 Å². The first kappa shape index (κ1) is 16.5. The Labute approximate surface area is 143 Å². The second-order valence-electron chi connectivity index (χ2n) is 6.41. The molecule has 2 unspecified atom stereocenters. The van der Waals surface area contributed by atoms with Gasteiger partial charge in [0, 0.05) is 29.6 Å². The maximum Gasteiger partial charge on any atom is 0.307 e. The van der Waals surface area contributed by atoms with Gasteiger partial charge >= 0.3 is 5.97 Å². The number of ether oxygens (including phenoxy) is 1. The zero-order chi connectivity index (χ0) is 16.4. The first-order valence-corrected chi connectivity index (χ1v) is 8.65. The SMILES string of the molecule is O=C(O)C1CC1C(=O)NCC1(c2cccc(Br)c2)CCOCC1. The van der Waals surface area contributed by atoms with E-state index in [1.54, 1.807) is 0 Å². The van der Waals surface area contributed by atoms with Gasteiger partial charge in [-0.1, -0.05) is 28.1 Å². The smallest absolute Gasteiger partial charge is 0.307 e. The van der Waals surface area contributed by atoms with Gasteiger partial charge in [-0.3, -0.25) is 9.59 Å². The third kappa shape index (κ3) is 3.58. The van der Waals surface area contributed by atoms with Crippen molar-refractivity contribution in [2.45, 2.75) is 24.7 Å². The molecule has 1 amide bonds. The average Bonchev–Trinajstić information content (AvgIpc) is 3.34. The van der Waals surface area contributed by atoms with Crippen LogP contribution in [0.2, 0.25) is 0 Å². The van der Waals surface area contributed by atoms with Crippen LogP contribution in [0.25, 0.3) is 0 Å². The largest absolute Gasteiger partial charge is 0.481 e. The first-order valence-electron chi connectivity index (χ1n) is 7.86. The maximum absolute atomic E-state index is 12.2. The molecule has 1 aromatic rings. The second-order valence-corrected chi connectivity index (χ2v) is 7.32. The zero-order valence-electron chi connectivity index (χ0n) is 12.8. The fraction of sp³-hybridized carbons (Fsp3) is 0.529. The Hall–Kier alpha value is -1.40. The third-order valence-electron chi connectivity index (χ3n) is 4.93. The van der Waals surface area contributed by atoms with Crippen molar-refractivity contribution in [3.8, 4) is 0 Å². The standard InChI is InChI=1S/C17H20BrNO4/c18-12-3-1-2-11(8-12)17(4-6-23-7-5-17)10-19-15(20)13-9-14(13)16(21)22/h1-3,8,13-14H,4-7,9-10H2,(H,19,20)(H,21,22). The Kier molecular flexibility index (Phi) is 4.73. The van der Waals surface area contributed by atoms with E-state index in [0.717, 1.165) is 17.3 Å². The summed E-state index contributed by atoms with van der Waals surface area (Å²) in [6.45, 7) is 1.86. The number of nitrogens with one attached hydrogen (secondary N) is 1. The van der Waals surface area contributed by atoms with E-state index in [9.17, 15) is 9.59 Å². The molecule has 3 rings (SSSR count). The fourth-order valence-corrected chi connectivity index (χ4v) is 3.69. The van der Waals surface area contributed by atoms with Crippen LogP contribution < -0.4 is 5.32 Å². The van der Waals surface area contributed by atoms with Crippen molar-refractivity contribution in [1.29, 1.82) is 0 Å².